The summed E-state index contributed by atoms with van der Waals surface area (Å²) in [7, 11) is -3.07. The Hall–Kier alpha value is -4.00. The highest BCUT2D eigenvalue weighted by molar-refractivity contribution is 7.89. The van der Waals surface area contributed by atoms with E-state index < -0.39 is 57.3 Å². The molecule has 1 aliphatic rings. The fraction of sp³-hybridized carbons (Fsp3) is 0.276. The second kappa shape index (κ2) is 12.9. The van der Waals surface area contributed by atoms with Gasteiger partial charge in [-0.3, -0.25) is 14.4 Å². The Morgan fingerprint density at radius 3 is 2.50 bits per heavy atom. The molecular formula is C29H29ClFN3O7S. The van der Waals surface area contributed by atoms with Crippen molar-refractivity contribution in [1.82, 2.24) is 14.5 Å². The third-order valence-corrected chi connectivity index (χ3v) is 8.93. The number of aryl methyl sites for hydroxylation is 1. The van der Waals surface area contributed by atoms with Crippen LogP contribution in [0.25, 0.3) is 0 Å². The first-order valence-electron chi connectivity index (χ1n) is 12.9. The lowest BCUT2D eigenvalue weighted by molar-refractivity contribution is -0.138. The van der Waals surface area contributed by atoms with E-state index in [1.165, 1.54) is 19.2 Å². The van der Waals surface area contributed by atoms with Gasteiger partial charge in [-0.15, -0.1) is 0 Å². The average Bonchev–Trinajstić information content (AvgIpc) is 2.97. The number of sulfonamides is 1. The number of halogens is 2. The third kappa shape index (κ3) is 6.72. The van der Waals surface area contributed by atoms with Crippen LogP contribution in [0.5, 0.6) is 5.75 Å². The zero-order chi connectivity index (χ0) is 30.6. The summed E-state index contributed by atoms with van der Waals surface area (Å²) in [6.07, 6.45) is -2.01. The van der Waals surface area contributed by atoms with Crippen molar-refractivity contribution in [3.8, 4) is 5.75 Å². The summed E-state index contributed by atoms with van der Waals surface area (Å²) in [6.45, 7) is 1.69. The quantitative estimate of drug-likeness (QED) is 0.371. The Morgan fingerprint density at radius 1 is 1.10 bits per heavy atom. The molecule has 10 nitrogen and oxygen atoms in total. The van der Waals surface area contributed by atoms with Gasteiger partial charge in [-0.1, -0.05) is 47.5 Å². The normalized spacial score (nSPS) is 16.5. The standard InChI is InChI=1S/C29H29ClFN3O7S/c1-18-6-3-7-19(14-18)25(17-26(35)36)32-27(37)28-33(29(38)20-8-4-9-21(15-20)41-2)12-5-13-34(28)42(39,40)22-10-11-24(31)23(30)16-22/h3-4,6-11,14-16,25,28H,5,12-13,17H2,1-2H3,(H,32,37)(H,35,36). The van der Waals surface area contributed by atoms with Gasteiger partial charge in [0, 0.05) is 18.7 Å². The smallest absolute Gasteiger partial charge is 0.305 e. The van der Waals surface area contributed by atoms with E-state index in [0.29, 0.717) is 11.3 Å². The van der Waals surface area contributed by atoms with Crippen molar-refractivity contribution in [3.63, 3.8) is 0 Å². The Morgan fingerprint density at radius 2 is 1.83 bits per heavy atom. The molecule has 2 unspecified atom stereocenters. The van der Waals surface area contributed by atoms with Crippen molar-refractivity contribution in [2.75, 3.05) is 20.2 Å². The van der Waals surface area contributed by atoms with E-state index in [1.54, 1.807) is 43.3 Å². The number of aliphatic carboxylic acids is 1. The summed E-state index contributed by atoms with van der Waals surface area (Å²) in [5.41, 5.74) is 1.46. The van der Waals surface area contributed by atoms with E-state index in [0.717, 1.165) is 33.0 Å². The van der Waals surface area contributed by atoms with E-state index in [4.69, 9.17) is 16.3 Å². The van der Waals surface area contributed by atoms with Crippen LogP contribution in [-0.2, 0) is 19.6 Å². The lowest BCUT2D eigenvalue weighted by Crippen LogP contribution is -2.63. The van der Waals surface area contributed by atoms with Crippen LogP contribution in [-0.4, -0.2) is 66.9 Å². The summed E-state index contributed by atoms with van der Waals surface area (Å²) >= 11 is 5.87. The molecular weight excluding hydrogens is 589 g/mol. The molecule has 0 spiro atoms. The molecule has 1 fully saturated rings. The summed E-state index contributed by atoms with van der Waals surface area (Å²) in [4.78, 5) is 40.3. The zero-order valence-electron chi connectivity index (χ0n) is 22.8. The first kappa shape index (κ1) is 30.9. The summed E-state index contributed by atoms with van der Waals surface area (Å²) < 4.78 is 47.7. The maximum atomic E-state index is 14.0. The Bertz CT molecular complexity index is 1620. The highest BCUT2D eigenvalue weighted by Crippen LogP contribution is 2.29. The van der Waals surface area contributed by atoms with Gasteiger partial charge >= 0.3 is 5.97 Å². The molecule has 4 rings (SSSR count). The number of hydrogen-bond acceptors (Lipinski definition) is 6. The van der Waals surface area contributed by atoms with Crippen LogP contribution >= 0.6 is 11.6 Å². The topological polar surface area (TPSA) is 133 Å². The predicted octanol–water partition coefficient (Wildman–Crippen LogP) is 3.99. The van der Waals surface area contributed by atoms with Crippen LogP contribution in [0.3, 0.4) is 0 Å². The summed E-state index contributed by atoms with van der Waals surface area (Å²) in [5.74, 6) is -3.19. The number of carbonyl (C=O) groups is 3. The zero-order valence-corrected chi connectivity index (χ0v) is 24.4. The Kier molecular flexibility index (Phi) is 9.50. The number of ether oxygens (including phenoxy) is 1. The molecule has 42 heavy (non-hydrogen) atoms. The number of methoxy groups -OCH3 is 1. The second-order valence-electron chi connectivity index (χ2n) is 9.72. The van der Waals surface area contributed by atoms with E-state index >= 15 is 0 Å². The van der Waals surface area contributed by atoms with Crippen LogP contribution in [0.4, 0.5) is 4.39 Å². The summed E-state index contributed by atoms with van der Waals surface area (Å²) in [5, 5.41) is 11.8. The minimum absolute atomic E-state index is 0.0262. The van der Waals surface area contributed by atoms with Crippen LogP contribution in [0.2, 0.25) is 5.02 Å². The minimum Gasteiger partial charge on any atom is -0.497 e. The van der Waals surface area contributed by atoms with Crippen LogP contribution in [0, 0.1) is 12.7 Å². The fourth-order valence-electron chi connectivity index (χ4n) is 4.79. The van der Waals surface area contributed by atoms with Crippen molar-refractivity contribution in [3.05, 3.63) is 94.3 Å². The average molecular weight is 618 g/mol. The molecule has 13 heteroatoms. The molecule has 1 heterocycles. The van der Waals surface area contributed by atoms with Crippen molar-refractivity contribution in [1.29, 1.82) is 0 Å². The number of amides is 2. The van der Waals surface area contributed by atoms with E-state index in [1.807, 2.05) is 0 Å². The number of carbonyl (C=O) groups excluding carboxylic acids is 2. The SMILES string of the molecule is COc1cccc(C(=O)N2CCCN(S(=O)(=O)c3ccc(F)c(Cl)c3)C2C(=O)NC(CC(=O)O)c2cccc(C)c2)c1. The van der Waals surface area contributed by atoms with Gasteiger partial charge in [-0.05, 0) is 55.3 Å². The highest BCUT2D eigenvalue weighted by Gasteiger charge is 2.45. The maximum Gasteiger partial charge on any atom is 0.305 e. The molecule has 2 N–H and O–H groups in total. The molecule has 222 valence electrons. The van der Waals surface area contributed by atoms with Crippen molar-refractivity contribution in [2.45, 2.75) is 36.9 Å². The lowest BCUT2D eigenvalue weighted by atomic mass is 10.0. The summed E-state index contributed by atoms with van der Waals surface area (Å²) in [6, 6.07) is 14.9. The van der Waals surface area contributed by atoms with Crippen molar-refractivity contribution in [2.24, 2.45) is 0 Å². The van der Waals surface area contributed by atoms with Gasteiger partial charge in [0.25, 0.3) is 11.8 Å². The predicted molar refractivity (Wildman–Crippen MR) is 152 cm³/mol. The molecule has 0 radical (unpaired) electrons. The van der Waals surface area contributed by atoms with E-state index in [9.17, 15) is 32.3 Å². The van der Waals surface area contributed by atoms with Gasteiger partial charge in [0.05, 0.1) is 29.5 Å². The van der Waals surface area contributed by atoms with Gasteiger partial charge in [-0.25, -0.2) is 12.8 Å². The van der Waals surface area contributed by atoms with E-state index in [-0.39, 0.29) is 30.0 Å². The molecule has 0 bridgehead atoms. The van der Waals surface area contributed by atoms with Crippen LogP contribution in [0.1, 0.15) is 40.4 Å². The third-order valence-electron chi connectivity index (χ3n) is 6.79. The van der Waals surface area contributed by atoms with Crippen molar-refractivity contribution >= 4 is 39.4 Å². The number of nitrogens with zero attached hydrogens (tertiary/aromatic N) is 2. The number of carboxylic acids is 1. The van der Waals surface area contributed by atoms with Gasteiger partial charge in [-0.2, -0.15) is 4.31 Å². The molecule has 1 saturated heterocycles. The van der Waals surface area contributed by atoms with Gasteiger partial charge in [0.2, 0.25) is 10.0 Å². The van der Waals surface area contributed by atoms with Gasteiger partial charge in [0.1, 0.15) is 11.6 Å². The number of hydrogen-bond donors (Lipinski definition) is 2. The fourth-order valence-corrected chi connectivity index (χ4v) is 6.65. The molecule has 2 amide bonds. The van der Waals surface area contributed by atoms with Crippen LogP contribution in [0.15, 0.2) is 71.6 Å². The highest BCUT2D eigenvalue weighted by atomic mass is 35.5. The second-order valence-corrected chi connectivity index (χ2v) is 12.0. The number of nitrogens with one attached hydrogen (secondary N) is 1. The Labute approximate surface area is 247 Å². The minimum atomic E-state index is -4.50. The number of carboxylic acid groups (broad SMARTS) is 1. The number of rotatable bonds is 9. The molecule has 2 atom stereocenters. The lowest BCUT2D eigenvalue weighted by Gasteiger charge is -2.42. The first-order chi connectivity index (χ1) is 19.9. The Balaban J connectivity index is 1.79. The number of benzene rings is 3. The van der Waals surface area contributed by atoms with E-state index in [2.05, 4.69) is 5.32 Å². The maximum absolute atomic E-state index is 14.0. The molecule has 3 aromatic carbocycles. The van der Waals surface area contributed by atoms with Crippen LogP contribution < -0.4 is 10.1 Å². The molecule has 1 aliphatic heterocycles. The van der Waals surface area contributed by atoms with Gasteiger partial charge < -0.3 is 20.1 Å². The molecule has 0 aliphatic carbocycles. The molecule has 0 saturated carbocycles. The monoisotopic (exact) mass is 617 g/mol. The first-order valence-corrected chi connectivity index (χ1v) is 14.7. The molecule has 3 aromatic rings. The molecule has 0 aromatic heterocycles. The van der Waals surface area contributed by atoms with Crippen molar-refractivity contribution < 1.29 is 37.0 Å². The van der Waals surface area contributed by atoms with Gasteiger partial charge in [0.15, 0.2) is 6.17 Å². The largest absolute Gasteiger partial charge is 0.497 e.